The molecule has 0 saturated heterocycles. The number of amides is 1. The number of carboxylic acid groups (broad SMARTS) is 1. The number of hydrogen-bond acceptors (Lipinski definition) is 5. The van der Waals surface area contributed by atoms with Crippen LogP contribution in [-0.2, 0) is 20.7 Å². The predicted molar refractivity (Wildman–Crippen MR) is 146 cm³/mol. The standard InChI is InChI=1S/C31H33NO6/c1-36-21-37-20-27(18-26(31(34)35)12-7-10-22-8-3-2-4-9-22)32-30(33)24-16-14-23(15-17-24)29-19-25-11-5-6-13-28(25)38-29/h2-6,8-9,11,13-17,19,26-27H,7,10,12,18,20-21H2,1H3,(H,32,33)(H,34,35). The Morgan fingerprint density at radius 2 is 1.71 bits per heavy atom. The molecule has 1 amide bonds. The van der Waals surface area contributed by atoms with Gasteiger partial charge in [0, 0.05) is 23.6 Å². The Bertz CT molecular complexity index is 1280. The smallest absolute Gasteiger partial charge is 0.306 e. The van der Waals surface area contributed by atoms with Crippen LogP contribution in [0.3, 0.4) is 0 Å². The minimum absolute atomic E-state index is 0.0598. The molecule has 2 atom stereocenters. The molecule has 0 aliphatic rings. The number of methoxy groups -OCH3 is 1. The maximum Gasteiger partial charge on any atom is 0.306 e. The van der Waals surface area contributed by atoms with E-state index in [1.807, 2.05) is 72.8 Å². The number of carbonyl (C=O) groups excluding carboxylic acids is 1. The Labute approximate surface area is 222 Å². The summed E-state index contributed by atoms with van der Waals surface area (Å²) in [5.41, 5.74) is 3.32. The van der Waals surface area contributed by atoms with Crippen molar-refractivity contribution < 1.29 is 28.6 Å². The second-order valence-electron chi connectivity index (χ2n) is 9.32. The van der Waals surface area contributed by atoms with Gasteiger partial charge in [-0.2, -0.15) is 0 Å². The molecule has 198 valence electrons. The molecule has 3 aromatic carbocycles. The number of para-hydroxylation sites is 1. The fraction of sp³-hybridized carbons (Fsp3) is 0.290. The lowest BCUT2D eigenvalue weighted by molar-refractivity contribution is -0.142. The van der Waals surface area contributed by atoms with E-state index in [1.54, 1.807) is 12.1 Å². The van der Waals surface area contributed by atoms with Gasteiger partial charge in [-0.3, -0.25) is 9.59 Å². The van der Waals surface area contributed by atoms with Gasteiger partial charge in [-0.1, -0.05) is 60.7 Å². The number of fused-ring (bicyclic) bond motifs is 1. The summed E-state index contributed by atoms with van der Waals surface area (Å²) in [6, 6.07) is 26.4. The summed E-state index contributed by atoms with van der Waals surface area (Å²) in [5.74, 6) is -1.05. The zero-order valence-corrected chi connectivity index (χ0v) is 21.5. The van der Waals surface area contributed by atoms with Crippen LogP contribution in [-0.4, -0.2) is 43.5 Å². The molecular formula is C31H33NO6. The highest BCUT2D eigenvalue weighted by molar-refractivity contribution is 5.95. The van der Waals surface area contributed by atoms with Crippen molar-refractivity contribution in [2.45, 2.75) is 31.7 Å². The number of furan rings is 1. The molecule has 0 aliphatic heterocycles. The number of rotatable bonds is 14. The van der Waals surface area contributed by atoms with Crippen LogP contribution < -0.4 is 5.32 Å². The fourth-order valence-corrected chi connectivity index (χ4v) is 4.50. The highest BCUT2D eigenvalue weighted by Gasteiger charge is 2.24. The van der Waals surface area contributed by atoms with E-state index in [2.05, 4.69) is 5.32 Å². The summed E-state index contributed by atoms with van der Waals surface area (Å²) < 4.78 is 16.4. The monoisotopic (exact) mass is 515 g/mol. The number of hydrogen-bond donors (Lipinski definition) is 2. The lowest BCUT2D eigenvalue weighted by atomic mass is 9.93. The van der Waals surface area contributed by atoms with Crippen LogP contribution in [0.2, 0.25) is 0 Å². The van der Waals surface area contributed by atoms with Gasteiger partial charge in [0.1, 0.15) is 18.1 Å². The molecule has 0 saturated carbocycles. The van der Waals surface area contributed by atoms with Crippen LogP contribution in [0.5, 0.6) is 0 Å². The number of nitrogens with one attached hydrogen (secondary N) is 1. The number of carboxylic acids is 1. The third-order valence-corrected chi connectivity index (χ3v) is 6.49. The van der Waals surface area contributed by atoms with E-state index in [9.17, 15) is 14.7 Å². The largest absolute Gasteiger partial charge is 0.481 e. The van der Waals surface area contributed by atoms with E-state index < -0.39 is 17.9 Å². The molecule has 0 spiro atoms. The van der Waals surface area contributed by atoms with E-state index in [0.717, 1.165) is 35.1 Å². The van der Waals surface area contributed by atoms with Crippen molar-refractivity contribution in [1.29, 1.82) is 0 Å². The van der Waals surface area contributed by atoms with Gasteiger partial charge in [-0.25, -0.2) is 0 Å². The van der Waals surface area contributed by atoms with Gasteiger partial charge in [0.05, 0.1) is 18.6 Å². The number of aliphatic carboxylic acids is 1. The minimum Gasteiger partial charge on any atom is -0.481 e. The summed E-state index contributed by atoms with van der Waals surface area (Å²) in [6.45, 7) is 0.212. The molecule has 4 rings (SSSR count). The maximum absolute atomic E-state index is 13.1. The SMILES string of the molecule is COCOCC(CC(CCCc1ccccc1)C(=O)O)NC(=O)c1ccc(-c2cc3ccccc3o2)cc1. The summed E-state index contributed by atoms with van der Waals surface area (Å²) in [6.07, 6.45) is 2.31. The van der Waals surface area contributed by atoms with E-state index in [4.69, 9.17) is 13.9 Å². The van der Waals surface area contributed by atoms with E-state index in [0.29, 0.717) is 12.0 Å². The molecule has 1 heterocycles. The Hall–Kier alpha value is -3.94. The summed E-state index contributed by atoms with van der Waals surface area (Å²) >= 11 is 0. The highest BCUT2D eigenvalue weighted by atomic mass is 16.7. The second kappa shape index (κ2) is 13.6. The average molecular weight is 516 g/mol. The molecule has 2 N–H and O–H groups in total. The molecule has 2 unspecified atom stereocenters. The highest BCUT2D eigenvalue weighted by Crippen LogP contribution is 2.28. The van der Waals surface area contributed by atoms with Crippen LogP contribution in [0.25, 0.3) is 22.3 Å². The summed E-state index contributed by atoms with van der Waals surface area (Å²) in [4.78, 5) is 25.1. The zero-order valence-electron chi connectivity index (χ0n) is 21.5. The second-order valence-corrected chi connectivity index (χ2v) is 9.32. The van der Waals surface area contributed by atoms with Gasteiger partial charge in [0.25, 0.3) is 5.91 Å². The van der Waals surface area contributed by atoms with E-state index in [-0.39, 0.29) is 25.7 Å². The van der Waals surface area contributed by atoms with Gasteiger partial charge >= 0.3 is 5.97 Å². The summed E-state index contributed by atoms with van der Waals surface area (Å²) in [5, 5.41) is 13.8. The van der Waals surface area contributed by atoms with Crippen molar-refractivity contribution in [3.63, 3.8) is 0 Å². The zero-order chi connectivity index (χ0) is 26.7. The number of ether oxygens (including phenoxy) is 2. The van der Waals surface area contributed by atoms with Crippen LogP contribution in [0.4, 0.5) is 0 Å². The van der Waals surface area contributed by atoms with Gasteiger partial charge < -0.3 is 24.3 Å². The molecule has 0 radical (unpaired) electrons. The molecule has 7 heteroatoms. The first-order valence-corrected chi connectivity index (χ1v) is 12.8. The molecule has 0 bridgehead atoms. The van der Waals surface area contributed by atoms with Crippen molar-refractivity contribution in [2.75, 3.05) is 20.5 Å². The van der Waals surface area contributed by atoms with E-state index in [1.165, 1.54) is 12.7 Å². The predicted octanol–water partition coefficient (Wildman–Crippen LogP) is 5.93. The quantitative estimate of drug-likeness (QED) is 0.160. The fourth-order valence-electron chi connectivity index (χ4n) is 4.50. The summed E-state index contributed by atoms with van der Waals surface area (Å²) in [7, 11) is 1.51. The lowest BCUT2D eigenvalue weighted by Gasteiger charge is -2.22. The third kappa shape index (κ3) is 7.54. The molecule has 0 fully saturated rings. The van der Waals surface area contributed by atoms with Crippen LogP contribution in [0.1, 0.15) is 35.2 Å². The number of carbonyl (C=O) groups is 2. The first-order chi connectivity index (χ1) is 18.5. The van der Waals surface area contributed by atoms with Crippen molar-refractivity contribution in [3.05, 3.63) is 96.1 Å². The topological polar surface area (TPSA) is 98.0 Å². The van der Waals surface area contributed by atoms with Crippen LogP contribution in [0, 0.1) is 5.92 Å². The molecule has 4 aromatic rings. The van der Waals surface area contributed by atoms with Crippen molar-refractivity contribution in [1.82, 2.24) is 5.32 Å². The number of benzene rings is 3. The van der Waals surface area contributed by atoms with Crippen molar-refractivity contribution in [2.24, 2.45) is 5.92 Å². The molecule has 1 aromatic heterocycles. The van der Waals surface area contributed by atoms with Gasteiger partial charge in [-0.05, 0) is 55.5 Å². The Balaban J connectivity index is 1.39. The van der Waals surface area contributed by atoms with Gasteiger partial charge in [-0.15, -0.1) is 0 Å². The Morgan fingerprint density at radius 3 is 2.42 bits per heavy atom. The maximum atomic E-state index is 13.1. The Kier molecular flexibility index (Phi) is 9.67. The first kappa shape index (κ1) is 27.1. The van der Waals surface area contributed by atoms with Gasteiger partial charge in [0.15, 0.2) is 0 Å². The average Bonchev–Trinajstić information content (AvgIpc) is 3.37. The third-order valence-electron chi connectivity index (χ3n) is 6.49. The van der Waals surface area contributed by atoms with Crippen molar-refractivity contribution >= 4 is 22.8 Å². The normalized spacial score (nSPS) is 12.8. The lowest BCUT2D eigenvalue weighted by Crippen LogP contribution is -2.41. The molecule has 0 aliphatic carbocycles. The molecule has 7 nitrogen and oxygen atoms in total. The first-order valence-electron chi connectivity index (χ1n) is 12.8. The molecule has 38 heavy (non-hydrogen) atoms. The number of aryl methyl sites for hydroxylation is 1. The van der Waals surface area contributed by atoms with Crippen molar-refractivity contribution in [3.8, 4) is 11.3 Å². The van der Waals surface area contributed by atoms with E-state index >= 15 is 0 Å². The van der Waals surface area contributed by atoms with Gasteiger partial charge in [0.2, 0.25) is 0 Å². The Morgan fingerprint density at radius 1 is 0.974 bits per heavy atom. The van der Waals surface area contributed by atoms with Crippen LogP contribution >= 0.6 is 0 Å². The van der Waals surface area contributed by atoms with Crippen LogP contribution in [0.15, 0.2) is 89.3 Å². The molecular weight excluding hydrogens is 482 g/mol. The minimum atomic E-state index is -0.876.